The van der Waals surface area contributed by atoms with Crippen molar-refractivity contribution in [3.8, 4) is 33.5 Å². The first-order valence-electron chi connectivity index (χ1n) is 12.5. The van der Waals surface area contributed by atoms with Crippen LogP contribution < -0.4 is 8.79 Å². The molecule has 1 nitrogen and oxygen atoms in total. The molecule has 1 aromatic heterocycles. The summed E-state index contributed by atoms with van der Waals surface area (Å²) in [5.74, 6) is 5.08. The molecule has 0 fully saturated rings. The summed E-state index contributed by atoms with van der Waals surface area (Å²) in [6.07, 6.45) is 2.01. The van der Waals surface area contributed by atoms with Crippen LogP contribution in [0, 0.1) is 0 Å². The van der Waals surface area contributed by atoms with E-state index in [1.165, 1.54) is 54.2 Å². The summed E-state index contributed by atoms with van der Waals surface area (Å²) in [6.45, 7) is 6.93. The van der Waals surface area contributed by atoms with Gasteiger partial charge in [-0.25, -0.2) is 0 Å². The maximum absolute atomic E-state index is 5.06. The van der Waals surface area contributed by atoms with Gasteiger partial charge in [-0.05, 0) is 0 Å². The van der Waals surface area contributed by atoms with Crippen molar-refractivity contribution in [1.82, 2.24) is 4.98 Å². The summed E-state index contributed by atoms with van der Waals surface area (Å²) in [4.78, 5) is 5.06. The zero-order valence-corrected chi connectivity index (χ0v) is 23.3. The van der Waals surface area contributed by atoms with Crippen molar-refractivity contribution in [3.63, 3.8) is 0 Å². The van der Waals surface area contributed by atoms with Gasteiger partial charge in [0.1, 0.15) is 0 Å². The van der Waals surface area contributed by atoms with Crippen LogP contribution in [0.4, 0.5) is 0 Å². The molecule has 2 heteroatoms. The molecule has 35 heavy (non-hydrogen) atoms. The van der Waals surface area contributed by atoms with Crippen LogP contribution in [-0.4, -0.2) is 18.3 Å². The number of hydrogen-bond donors (Lipinski definition) is 0. The molecule has 4 aromatic carbocycles. The van der Waals surface area contributed by atoms with E-state index in [9.17, 15) is 0 Å². The van der Waals surface area contributed by atoms with Gasteiger partial charge < -0.3 is 0 Å². The summed E-state index contributed by atoms with van der Waals surface area (Å²) in [7, 11) is 0. The van der Waals surface area contributed by atoms with E-state index in [2.05, 4.69) is 123 Å². The third kappa shape index (κ3) is 3.56. The number of aromatic nitrogens is 1. The molecule has 2 heterocycles. The van der Waals surface area contributed by atoms with Crippen molar-refractivity contribution in [3.05, 3.63) is 103 Å². The Labute approximate surface area is 211 Å². The first-order chi connectivity index (χ1) is 16.7. The molecule has 0 bridgehead atoms. The fourth-order valence-electron chi connectivity index (χ4n) is 5.85. The van der Waals surface area contributed by atoms with Crippen LogP contribution in [0.15, 0.2) is 97.2 Å². The second kappa shape index (κ2) is 7.93. The Kier molecular flexibility index (Phi) is 5.05. The Hall–Kier alpha value is -3.17. The molecule has 0 amide bonds. The number of hydrogen-bond acceptors (Lipinski definition) is 1. The first kappa shape index (κ1) is 22.3. The predicted molar refractivity (Wildman–Crippen MR) is 154 cm³/mol. The van der Waals surface area contributed by atoms with Crippen molar-refractivity contribution in [2.75, 3.05) is 0 Å². The molecule has 0 radical (unpaired) electrons. The fourth-order valence-corrected chi connectivity index (χ4v) is 12.9. The first-order valence-corrected chi connectivity index (χ1v) is 18.8. The number of fused-ring (bicyclic) bond motifs is 4. The quantitative estimate of drug-likeness (QED) is 0.221. The average Bonchev–Trinajstić information content (AvgIpc) is 3.10. The average molecular weight is 514 g/mol. The summed E-state index contributed by atoms with van der Waals surface area (Å²) in [5.41, 5.74) is 9.26. The van der Waals surface area contributed by atoms with Crippen LogP contribution in [0.2, 0.25) is 11.5 Å². The van der Waals surface area contributed by atoms with Crippen molar-refractivity contribution >= 4 is 32.8 Å². The van der Waals surface area contributed by atoms with E-state index in [0.29, 0.717) is 0 Å². The SMILES string of the molecule is CC(C)(C)c1cc(-c2nccc3[c]2[Ge]([CH3])([CH3])[c]2cc(-c4ccccc4)ccc2-3)cc2ccccc12. The zero-order chi connectivity index (χ0) is 24.4. The minimum atomic E-state index is -2.60. The monoisotopic (exact) mass is 515 g/mol. The van der Waals surface area contributed by atoms with Gasteiger partial charge in [0.05, 0.1) is 0 Å². The van der Waals surface area contributed by atoms with Gasteiger partial charge in [-0.3, -0.25) is 0 Å². The molecule has 6 rings (SSSR count). The molecule has 1 aliphatic heterocycles. The molecular weight excluding hydrogens is 483 g/mol. The normalized spacial score (nSPS) is 14.1. The molecular formula is C33H31GeN. The van der Waals surface area contributed by atoms with Gasteiger partial charge in [-0.2, -0.15) is 0 Å². The van der Waals surface area contributed by atoms with Crippen LogP contribution in [0.1, 0.15) is 26.3 Å². The molecule has 1 aliphatic rings. The van der Waals surface area contributed by atoms with E-state index in [0.717, 1.165) is 0 Å². The number of benzene rings is 4. The van der Waals surface area contributed by atoms with Gasteiger partial charge >= 0.3 is 212 Å². The molecule has 0 saturated heterocycles. The Morgan fingerprint density at radius 2 is 1.40 bits per heavy atom. The van der Waals surface area contributed by atoms with Crippen molar-refractivity contribution < 1.29 is 0 Å². The van der Waals surface area contributed by atoms with E-state index in [-0.39, 0.29) is 5.41 Å². The maximum atomic E-state index is 5.06. The van der Waals surface area contributed by atoms with E-state index in [4.69, 9.17) is 4.98 Å². The van der Waals surface area contributed by atoms with Crippen LogP contribution in [-0.2, 0) is 5.41 Å². The van der Waals surface area contributed by atoms with E-state index in [1.54, 1.807) is 4.40 Å². The number of nitrogens with zero attached hydrogens (tertiary/aromatic N) is 1. The minimum absolute atomic E-state index is 0.0536. The molecule has 0 saturated carbocycles. The van der Waals surface area contributed by atoms with Gasteiger partial charge in [0.15, 0.2) is 0 Å². The second-order valence-electron chi connectivity index (χ2n) is 11.3. The summed E-state index contributed by atoms with van der Waals surface area (Å²) in [6, 6.07) is 33.6. The fraction of sp³-hybridized carbons (Fsp3) is 0.182. The molecule has 0 spiro atoms. The van der Waals surface area contributed by atoms with Gasteiger partial charge in [0.25, 0.3) is 0 Å². The van der Waals surface area contributed by atoms with Gasteiger partial charge in [0.2, 0.25) is 0 Å². The van der Waals surface area contributed by atoms with Crippen molar-refractivity contribution in [1.29, 1.82) is 0 Å². The van der Waals surface area contributed by atoms with E-state index < -0.39 is 13.3 Å². The molecule has 0 aliphatic carbocycles. The Morgan fingerprint density at radius 1 is 0.657 bits per heavy atom. The zero-order valence-electron chi connectivity index (χ0n) is 21.2. The molecule has 0 N–H and O–H groups in total. The van der Waals surface area contributed by atoms with Gasteiger partial charge in [0, 0.05) is 0 Å². The van der Waals surface area contributed by atoms with E-state index in [1.807, 2.05) is 6.20 Å². The third-order valence-corrected chi connectivity index (χ3v) is 15.0. The number of pyridine rings is 1. The predicted octanol–water partition coefficient (Wildman–Crippen LogP) is 7.67. The molecule has 5 aromatic rings. The van der Waals surface area contributed by atoms with Gasteiger partial charge in [-0.1, -0.05) is 0 Å². The molecule has 0 atom stereocenters. The summed E-state index contributed by atoms with van der Waals surface area (Å²) in [5, 5.41) is 2.63. The Balaban J connectivity index is 1.58. The Bertz CT molecular complexity index is 1590. The molecule has 0 unspecified atom stereocenters. The van der Waals surface area contributed by atoms with Gasteiger partial charge in [-0.15, -0.1) is 0 Å². The summed E-state index contributed by atoms with van der Waals surface area (Å²) >= 11 is -2.60. The van der Waals surface area contributed by atoms with Crippen LogP contribution in [0.3, 0.4) is 0 Å². The second-order valence-corrected chi connectivity index (χ2v) is 20.3. The van der Waals surface area contributed by atoms with Crippen LogP contribution in [0.5, 0.6) is 0 Å². The topological polar surface area (TPSA) is 12.9 Å². The van der Waals surface area contributed by atoms with E-state index >= 15 is 0 Å². The Morgan fingerprint density at radius 3 is 2.17 bits per heavy atom. The molecule has 172 valence electrons. The summed E-state index contributed by atoms with van der Waals surface area (Å²) < 4.78 is 3.08. The standard InChI is InChI=1S/C33H31GeN/c1-33(2,3)29-20-25(19-24-13-9-10-14-26(24)29)32-31-28(17-18-35-32)27-16-15-23(21-30(27)34(31,4)5)22-11-7-6-8-12-22/h6-21H,1-5H3. The van der Waals surface area contributed by atoms with Crippen LogP contribution in [0.25, 0.3) is 44.3 Å². The van der Waals surface area contributed by atoms with Crippen molar-refractivity contribution in [2.45, 2.75) is 37.7 Å². The third-order valence-electron chi connectivity index (χ3n) is 7.61. The number of rotatable bonds is 2. The van der Waals surface area contributed by atoms with Crippen molar-refractivity contribution in [2.24, 2.45) is 0 Å². The van der Waals surface area contributed by atoms with Crippen LogP contribution >= 0.6 is 0 Å².